The van der Waals surface area contributed by atoms with E-state index < -0.39 is 0 Å². The second kappa shape index (κ2) is 9.36. The molecule has 0 bridgehead atoms. The summed E-state index contributed by atoms with van der Waals surface area (Å²) in [5.41, 5.74) is 3.37. The Balaban J connectivity index is 4.01. The molecule has 0 heterocycles. The van der Waals surface area contributed by atoms with E-state index in [9.17, 15) is 0 Å². The minimum atomic E-state index is 0.409. The molecule has 0 radical (unpaired) electrons. The standard InChI is InChI=1S/C18H35N/c1-15(2)9-8-10-17(5)11-12-18(6,7)14-19-13-16(3)4/h9,11,16,19H,8,10,12-14H2,1-7H3/p+1/b17-11+. The second-order valence-electron chi connectivity index (χ2n) is 7.36. The van der Waals surface area contributed by atoms with E-state index in [-0.39, 0.29) is 0 Å². The van der Waals surface area contributed by atoms with Crippen LogP contribution in [0.1, 0.15) is 67.7 Å². The Labute approximate surface area is 121 Å². The number of hydrogen-bond acceptors (Lipinski definition) is 0. The molecule has 0 fully saturated rings. The van der Waals surface area contributed by atoms with Crippen LogP contribution in [-0.4, -0.2) is 13.1 Å². The van der Waals surface area contributed by atoms with Crippen LogP contribution in [0.25, 0.3) is 0 Å². The fourth-order valence-corrected chi connectivity index (χ4v) is 2.03. The highest BCUT2D eigenvalue weighted by Gasteiger charge is 2.18. The molecule has 0 saturated carbocycles. The summed E-state index contributed by atoms with van der Waals surface area (Å²) >= 11 is 0. The maximum absolute atomic E-state index is 2.47. The number of allylic oxidation sites excluding steroid dienone is 4. The van der Waals surface area contributed by atoms with Crippen LogP contribution in [0.5, 0.6) is 0 Å². The van der Waals surface area contributed by atoms with Gasteiger partial charge >= 0.3 is 0 Å². The van der Waals surface area contributed by atoms with Crippen molar-refractivity contribution in [3.05, 3.63) is 23.3 Å². The molecule has 1 heteroatoms. The summed E-state index contributed by atoms with van der Waals surface area (Å²) < 4.78 is 0. The van der Waals surface area contributed by atoms with Crippen LogP contribution in [0, 0.1) is 11.3 Å². The van der Waals surface area contributed by atoms with Crippen LogP contribution in [0.15, 0.2) is 23.3 Å². The van der Waals surface area contributed by atoms with Gasteiger partial charge in [-0.05, 0) is 40.0 Å². The molecule has 0 atom stereocenters. The van der Waals surface area contributed by atoms with Crippen LogP contribution in [-0.2, 0) is 0 Å². The van der Waals surface area contributed by atoms with E-state index in [4.69, 9.17) is 0 Å². The van der Waals surface area contributed by atoms with Crippen molar-refractivity contribution >= 4 is 0 Å². The lowest BCUT2D eigenvalue weighted by molar-refractivity contribution is -0.669. The van der Waals surface area contributed by atoms with Crippen molar-refractivity contribution in [2.75, 3.05) is 13.1 Å². The molecule has 0 aliphatic rings. The topological polar surface area (TPSA) is 16.6 Å². The van der Waals surface area contributed by atoms with Crippen molar-refractivity contribution in [1.29, 1.82) is 0 Å². The lowest BCUT2D eigenvalue weighted by atomic mass is 9.88. The number of nitrogens with two attached hydrogens (primary N) is 1. The summed E-state index contributed by atoms with van der Waals surface area (Å²) in [6.07, 6.45) is 8.37. The highest BCUT2D eigenvalue weighted by atomic mass is 14.9. The van der Waals surface area contributed by atoms with Crippen molar-refractivity contribution < 1.29 is 5.32 Å². The van der Waals surface area contributed by atoms with E-state index in [0.29, 0.717) is 5.41 Å². The summed E-state index contributed by atoms with van der Waals surface area (Å²) in [6, 6.07) is 0. The van der Waals surface area contributed by atoms with E-state index in [0.717, 1.165) is 5.92 Å². The lowest BCUT2D eigenvalue weighted by Crippen LogP contribution is -2.87. The first-order valence-corrected chi connectivity index (χ1v) is 7.83. The summed E-state index contributed by atoms with van der Waals surface area (Å²) in [5.74, 6) is 0.789. The van der Waals surface area contributed by atoms with Gasteiger partial charge in [0.2, 0.25) is 0 Å². The molecule has 0 aliphatic carbocycles. The zero-order valence-electron chi connectivity index (χ0n) is 14.3. The van der Waals surface area contributed by atoms with Crippen molar-refractivity contribution in [2.45, 2.75) is 67.7 Å². The summed E-state index contributed by atoms with van der Waals surface area (Å²) in [6.45, 7) is 18.4. The average Bonchev–Trinajstić information content (AvgIpc) is 2.25. The van der Waals surface area contributed by atoms with Crippen molar-refractivity contribution in [3.63, 3.8) is 0 Å². The second-order valence-corrected chi connectivity index (χ2v) is 7.36. The third-order valence-corrected chi connectivity index (χ3v) is 3.43. The van der Waals surface area contributed by atoms with Gasteiger partial charge in [0.15, 0.2) is 0 Å². The lowest BCUT2D eigenvalue weighted by Gasteiger charge is -2.22. The van der Waals surface area contributed by atoms with Gasteiger partial charge < -0.3 is 5.32 Å². The summed E-state index contributed by atoms with van der Waals surface area (Å²) in [4.78, 5) is 0. The SMILES string of the molecule is CC(C)=CCC/C(C)=C/CC(C)(C)C[NH2+]CC(C)C. The van der Waals surface area contributed by atoms with Crippen LogP contribution in [0.4, 0.5) is 0 Å². The van der Waals surface area contributed by atoms with Crippen molar-refractivity contribution in [3.8, 4) is 0 Å². The first-order valence-electron chi connectivity index (χ1n) is 7.83. The molecule has 2 N–H and O–H groups in total. The molecule has 0 rings (SSSR count). The molecule has 112 valence electrons. The maximum atomic E-state index is 2.47. The van der Waals surface area contributed by atoms with Gasteiger partial charge in [0.1, 0.15) is 0 Å². The Hall–Kier alpha value is -0.560. The first-order chi connectivity index (χ1) is 8.73. The normalized spacial score (nSPS) is 12.9. The Morgan fingerprint density at radius 3 is 2.26 bits per heavy atom. The van der Waals surface area contributed by atoms with E-state index >= 15 is 0 Å². The molecule has 1 nitrogen and oxygen atoms in total. The number of hydrogen-bond donors (Lipinski definition) is 1. The molecule has 0 aliphatic heterocycles. The van der Waals surface area contributed by atoms with Crippen LogP contribution in [0.2, 0.25) is 0 Å². The van der Waals surface area contributed by atoms with Gasteiger partial charge in [-0.1, -0.05) is 51.0 Å². The van der Waals surface area contributed by atoms with Gasteiger partial charge in [-0.3, -0.25) is 0 Å². The minimum absolute atomic E-state index is 0.409. The molecule has 19 heavy (non-hydrogen) atoms. The van der Waals surface area contributed by atoms with E-state index in [1.807, 2.05) is 0 Å². The smallest absolute Gasteiger partial charge is 0.0810 e. The molecular formula is C18H36N+. The van der Waals surface area contributed by atoms with Crippen LogP contribution >= 0.6 is 0 Å². The van der Waals surface area contributed by atoms with Gasteiger partial charge in [0, 0.05) is 11.3 Å². The molecular weight excluding hydrogens is 230 g/mol. The zero-order valence-corrected chi connectivity index (χ0v) is 14.3. The van der Waals surface area contributed by atoms with Crippen molar-refractivity contribution in [1.82, 2.24) is 0 Å². The van der Waals surface area contributed by atoms with Gasteiger partial charge in [-0.25, -0.2) is 0 Å². The fourth-order valence-electron chi connectivity index (χ4n) is 2.03. The van der Waals surface area contributed by atoms with E-state index in [2.05, 4.69) is 65.9 Å². The molecule has 0 aromatic heterocycles. The number of quaternary nitrogens is 1. The third kappa shape index (κ3) is 12.2. The van der Waals surface area contributed by atoms with Crippen LogP contribution < -0.4 is 5.32 Å². The van der Waals surface area contributed by atoms with E-state index in [1.165, 1.54) is 43.5 Å². The van der Waals surface area contributed by atoms with Crippen LogP contribution in [0.3, 0.4) is 0 Å². The predicted molar refractivity (Wildman–Crippen MR) is 87.3 cm³/mol. The summed E-state index contributed by atoms with van der Waals surface area (Å²) in [5, 5.41) is 2.47. The fraction of sp³-hybridized carbons (Fsp3) is 0.778. The Bertz CT molecular complexity index is 291. The average molecular weight is 266 g/mol. The third-order valence-electron chi connectivity index (χ3n) is 3.43. The zero-order chi connectivity index (χ0) is 14.9. The Kier molecular flexibility index (Phi) is 9.08. The molecule has 0 saturated heterocycles. The maximum Gasteiger partial charge on any atom is 0.0810 e. The van der Waals surface area contributed by atoms with Gasteiger partial charge in [0.25, 0.3) is 0 Å². The quantitative estimate of drug-likeness (QED) is 0.599. The molecule has 0 unspecified atom stereocenters. The number of rotatable bonds is 9. The molecule has 0 aromatic carbocycles. The monoisotopic (exact) mass is 266 g/mol. The molecule has 0 spiro atoms. The van der Waals surface area contributed by atoms with Gasteiger partial charge in [-0.2, -0.15) is 0 Å². The first kappa shape index (κ1) is 18.4. The highest BCUT2D eigenvalue weighted by Crippen LogP contribution is 2.20. The Morgan fingerprint density at radius 1 is 1.11 bits per heavy atom. The van der Waals surface area contributed by atoms with Crippen molar-refractivity contribution in [2.24, 2.45) is 11.3 Å². The molecule has 0 amide bonds. The van der Waals surface area contributed by atoms with Gasteiger partial charge in [0.05, 0.1) is 13.1 Å². The Morgan fingerprint density at radius 2 is 1.74 bits per heavy atom. The largest absolute Gasteiger partial charge is 0.346 e. The summed E-state index contributed by atoms with van der Waals surface area (Å²) in [7, 11) is 0. The minimum Gasteiger partial charge on any atom is -0.346 e. The predicted octanol–water partition coefficient (Wildman–Crippen LogP) is 4.31. The highest BCUT2D eigenvalue weighted by molar-refractivity contribution is 5.03. The van der Waals surface area contributed by atoms with E-state index in [1.54, 1.807) is 0 Å². The molecule has 0 aromatic rings. The van der Waals surface area contributed by atoms with Gasteiger partial charge in [-0.15, -0.1) is 0 Å².